The standard InChI is InChI=1S/C49H85NO5/c1-4-7-10-13-16-19-21-23-24-25-27-30-33-36-39-42-49(54)55-45(40-37-34-31-29-26-22-20-17-14-11-8-5-2)43-48(53)50-46(44-51)47(52)41-38-35-32-28-18-15-12-9-6-3/h7,10,13,16,19,21,23-25,27,29,31,45-47,51-52H,4-6,8-9,11-12,14-15,17-18,20,22,26,28,30,32-44H2,1-3H3,(H,50,53)/b10-7+,16-13+,21-19-,24-23-,27-25+,31-29-. The molecular weight excluding hydrogens is 683 g/mol. The van der Waals surface area contributed by atoms with Crippen LogP contribution in [0.4, 0.5) is 0 Å². The number of aliphatic hydroxyl groups is 2. The average molecular weight is 768 g/mol. The third-order valence-corrected chi connectivity index (χ3v) is 9.90. The van der Waals surface area contributed by atoms with E-state index < -0.39 is 18.2 Å². The Morgan fingerprint density at radius 2 is 1.02 bits per heavy atom. The van der Waals surface area contributed by atoms with Gasteiger partial charge >= 0.3 is 5.97 Å². The summed E-state index contributed by atoms with van der Waals surface area (Å²) in [4.78, 5) is 25.9. The van der Waals surface area contributed by atoms with Gasteiger partial charge in [-0.05, 0) is 64.2 Å². The highest BCUT2D eigenvalue weighted by Gasteiger charge is 2.24. The van der Waals surface area contributed by atoms with Crippen molar-refractivity contribution in [2.45, 2.75) is 219 Å². The third-order valence-electron chi connectivity index (χ3n) is 9.90. The molecule has 0 aromatic carbocycles. The fourth-order valence-electron chi connectivity index (χ4n) is 6.45. The first-order valence-corrected chi connectivity index (χ1v) is 22.7. The number of allylic oxidation sites excluding steroid dienone is 12. The first kappa shape index (κ1) is 52.3. The summed E-state index contributed by atoms with van der Waals surface area (Å²) >= 11 is 0. The van der Waals surface area contributed by atoms with Crippen LogP contribution in [0.25, 0.3) is 0 Å². The van der Waals surface area contributed by atoms with E-state index in [4.69, 9.17) is 4.74 Å². The molecule has 316 valence electrons. The zero-order valence-electron chi connectivity index (χ0n) is 35.8. The molecule has 0 bridgehead atoms. The Balaban J connectivity index is 4.73. The van der Waals surface area contributed by atoms with E-state index in [0.717, 1.165) is 70.6 Å². The molecule has 55 heavy (non-hydrogen) atoms. The second-order valence-corrected chi connectivity index (χ2v) is 15.2. The maximum atomic E-state index is 13.1. The van der Waals surface area contributed by atoms with Crippen LogP contribution in [0.3, 0.4) is 0 Å². The molecule has 1 amide bonds. The van der Waals surface area contributed by atoms with Crippen LogP contribution in [0, 0.1) is 0 Å². The molecule has 0 heterocycles. The van der Waals surface area contributed by atoms with Gasteiger partial charge < -0.3 is 20.3 Å². The highest BCUT2D eigenvalue weighted by Crippen LogP contribution is 2.16. The van der Waals surface area contributed by atoms with Gasteiger partial charge in [0.15, 0.2) is 0 Å². The van der Waals surface area contributed by atoms with Crippen LogP contribution in [0.2, 0.25) is 0 Å². The Morgan fingerprint density at radius 1 is 0.545 bits per heavy atom. The number of hydrogen-bond donors (Lipinski definition) is 3. The number of hydrogen-bond acceptors (Lipinski definition) is 5. The summed E-state index contributed by atoms with van der Waals surface area (Å²) in [5.74, 6) is -0.560. The van der Waals surface area contributed by atoms with Crippen molar-refractivity contribution in [3.05, 3.63) is 72.9 Å². The summed E-state index contributed by atoms with van der Waals surface area (Å²) in [6, 6.07) is -0.719. The van der Waals surface area contributed by atoms with Crippen LogP contribution in [0.1, 0.15) is 201 Å². The van der Waals surface area contributed by atoms with Crippen LogP contribution in [-0.4, -0.2) is 46.9 Å². The summed E-state index contributed by atoms with van der Waals surface area (Å²) in [7, 11) is 0. The summed E-state index contributed by atoms with van der Waals surface area (Å²) in [5, 5.41) is 23.6. The normalized spacial score (nSPS) is 14.1. The van der Waals surface area contributed by atoms with Crippen LogP contribution in [0.15, 0.2) is 72.9 Å². The molecule has 6 nitrogen and oxygen atoms in total. The number of ether oxygens (including phenoxy) is 1. The molecular formula is C49H85NO5. The second-order valence-electron chi connectivity index (χ2n) is 15.2. The maximum Gasteiger partial charge on any atom is 0.306 e. The Hall–Kier alpha value is -2.70. The Bertz CT molecular complexity index is 1040. The number of rotatable bonds is 39. The highest BCUT2D eigenvalue weighted by atomic mass is 16.5. The van der Waals surface area contributed by atoms with Crippen LogP contribution < -0.4 is 5.32 Å². The SMILES string of the molecule is CC/C=C/C=C/C=C\C=C/C=C/CCCCCC(=O)OC(CCC/C=C\CCCCCCCCC)CC(=O)NC(CO)C(O)CCCCCCCCCCC. The zero-order chi connectivity index (χ0) is 40.3. The molecule has 0 aliphatic carbocycles. The van der Waals surface area contributed by atoms with Crippen molar-refractivity contribution in [2.75, 3.05) is 6.61 Å². The highest BCUT2D eigenvalue weighted by molar-refractivity contribution is 5.77. The fraction of sp³-hybridized carbons (Fsp3) is 0.714. The van der Waals surface area contributed by atoms with Gasteiger partial charge in [-0.2, -0.15) is 0 Å². The van der Waals surface area contributed by atoms with Gasteiger partial charge in [0.1, 0.15) is 6.10 Å². The smallest absolute Gasteiger partial charge is 0.306 e. The third kappa shape index (κ3) is 38.0. The summed E-state index contributed by atoms with van der Waals surface area (Å²) < 4.78 is 5.86. The lowest BCUT2D eigenvalue weighted by Crippen LogP contribution is -2.46. The molecule has 3 atom stereocenters. The molecule has 0 aliphatic heterocycles. The molecule has 0 rings (SSSR count). The molecule has 0 saturated heterocycles. The van der Waals surface area contributed by atoms with Gasteiger partial charge in [-0.1, -0.05) is 196 Å². The molecule has 0 aromatic rings. The Labute approximate surface area is 339 Å². The molecule has 6 heteroatoms. The van der Waals surface area contributed by atoms with Crippen LogP contribution in [0.5, 0.6) is 0 Å². The van der Waals surface area contributed by atoms with Gasteiger partial charge in [-0.3, -0.25) is 9.59 Å². The van der Waals surface area contributed by atoms with E-state index in [-0.39, 0.29) is 24.9 Å². The van der Waals surface area contributed by atoms with Gasteiger partial charge in [0, 0.05) is 6.42 Å². The number of aliphatic hydroxyl groups excluding tert-OH is 2. The molecule has 0 radical (unpaired) electrons. The van der Waals surface area contributed by atoms with Crippen molar-refractivity contribution in [1.29, 1.82) is 0 Å². The van der Waals surface area contributed by atoms with E-state index in [1.807, 2.05) is 42.5 Å². The lowest BCUT2D eigenvalue weighted by atomic mass is 10.0. The van der Waals surface area contributed by atoms with E-state index in [2.05, 4.69) is 56.5 Å². The minimum absolute atomic E-state index is 0.0361. The minimum Gasteiger partial charge on any atom is -0.462 e. The van der Waals surface area contributed by atoms with Gasteiger partial charge in [-0.15, -0.1) is 0 Å². The minimum atomic E-state index is -0.802. The zero-order valence-corrected chi connectivity index (χ0v) is 35.8. The summed E-state index contributed by atoms with van der Waals surface area (Å²) in [6.07, 6.45) is 52.5. The number of amides is 1. The van der Waals surface area contributed by atoms with Crippen LogP contribution in [-0.2, 0) is 14.3 Å². The summed E-state index contributed by atoms with van der Waals surface area (Å²) in [5.41, 5.74) is 0. The van der Waals surface area contributed by atoms with Gasteiger partial charge in [0.2, 0.25) is 5.91 Å². The van der Waals surface area contributed by atoms with Crippen molar-refractivity contribution >= 4 is 11.9 Å². The van der Waals surface area contributed by atoms with Crippen molar-refractivity contribution < 1.29 is 24.5 Å². The molecule has 0 aromatic heterocycles. The fourth-order valence-corrected chi connectivity index (χ4v) is 6.45. The lowest BCUT2D eigenvalue weighted by Gasteiger charge is -2.24. The molecule has 0 fully saturated rings. The number of nitrogens with one attached hydrogen (secondary N) is 1. The number of carbonyl (C=O) groups excluding carboxylic acids is 2. The maximum absolute atomic E-state index is 13.1. The molecule has 0 saturated carbocycles. The van der Waals surface area contributed by atoms with Crippen LogP contribution >= 0.6 is 0 Å². The molecule has 0 spiro atoms. The number of unbranched alkanes of at least 4 members (excludes halogenated alkanes) is 19. The van der Waals surface area contributed by atoms with E-state index in [9.17, 15) is 19.8 Å². The summed E-state index contributed by atoms with van der Waals surface area (Å²) in [6.45, 7) is 6.27. The van der Waals surface area contributed by atoms with Crippen molar-refractivity contribution in [2.24, 2.45) is 0 Å². The van der Waals surface area contributed by atoms with E-state index in [0.29, 0.717) is 19.3 Å². The molecule has 3 N–H and O–H groups in total. The van der Waals surface area contributed by atoms with Crippen molar-refractivity contribution in [3.8, 4) is 0 Å². The predicted molar refractivity (Wildman–Crippen MR) is 236 cm³/mol. The lowest BCUT2D eigenvalue weighted by molar-refractivity contribution is -0.151. The predicted octanol–water partition coefficient (Wildman–Crippen LogP) is 13.1. The van der Waals surface area contributed by atoms with Crippen molar-refractivity contribution in [1.82, 2.24) is 5.32 Å². The van der Waals surface area contributed by atoms with E-state index in [1.54, 1.807) is 0 Å². The van der Waals surface area contributed by atoms with E-state index in [1.165, 1.54) is 83.5 Å². The largest absolute Gasteiger partial charge is 0.462 e. The molecule has 0 aliphatic rings. The second kappa shape index (κ2) is 42.4. The van der Waals surface area contributed by atoms with Crippen molar-refractivity contribution in [3.63, 3.8) is 0 Å². The van der Waals surface area contributed by atoms with Gasteiger partial charge in [-0.25, -0.2) is 0 Å². The quantitative estimate of drug-likeness (QED) is 0.0250. The van der Waals surface area contributed by atoms with Gasteiger partial charge in [0.05, 0.1) is 25.2 Å². The Kier molecular flexibility index (Phi) is 40.4. The topological polar surface area (TPSA) is 95.9 Å². The van der Waals surface area contributed by atoms with Gasteiger partial charge in [0.25, 0.3) is 0 Å². The average Bonchev–Trinajstić information content (AvgIpc) is 3.18. The van der Waals surface area contributed by atoms with E-state index >= 15 is 0 Å². The monoisotopic (exact) mass is 768 g/mol. The number of carbonyl (C=O) groups is 2. The number of esters is 1. The first-order valence-electron chi connectivity index (χ1n) is 22.7. The Morgan fingerprint density at radius 3 is 1.58 bits per heavy atom. The first-order chi connectivity index (χ1) is 27.0. The molecule has 3 unspecified atom stereocenters.